The van der Waals surface area contributed by atoms with Gasteiger partial charge in [-0.15, -0.1) is 0 Å². The lowest BCUT2D eigenvalue weighted by Gasteiger charge is -2.17. The minimum atomic E-state index is -0.378. The van der Waals surface area contributed by atoms with Crippen molar-refractivity contribution in [1.29, 1.82) is 0 Å². The zero-order valence-electron chi connectivity index (χ0n) is 19.0. The second-order valence-electron chi connectivity index (χ2n) is 8.40. The first-order valence-electron chi connectivity index (χ1n) is 11.6. The monoisotopic (exact) mass is 440 g/mol. The summed E-state index contributed by atoms with van der Waals surface area (Å²) in [6, 6.07) is 17.9. The zero-order valence-corrected chi connectivity index (χ0v) is 19.0. The number of imide groups is 1. The Labute approximate surface area is 193 Å². The van der Waals surface area contributed by atoms with E-state index in [2.05, 4.69) is 30.1 Å². The Morgan fingerprint density at radius 2 is 1.48 bits per heavy atom. The van der Waals surface area contributed by atoms with Crippen molar-refractivity contribution >= 4 is 45.0 Å². The van der Waals surface area contributed by atoms with Crippen molar-refractivity contribution in [2.45, 2.75) is 26.7 Å². The molecule has 0 spiro atoms. The average Bonchev–Trinajstić information content (AvgIpc) is 3.49. The number of benzene rings is 2. The average molecular weight is 441 g/mol. The topological polar surface area (TPSA) is 59.3 Å². The summed E-state index contributed by atoms with van der Waals surface area (Å²) in [5.74, 6) is -0.750. The molecular weight excluding hydrogens is 412 g/mol. The predicted octanol–water partition coefficient (Wildman–Crippen LogP) is 4.35. The van der Waals surface area contributed by atoms with Gasteiger partial charge in [0.05, 0.1) is 11.0 Å². The number of nitrogens with one attached hydrogen (secondary N) is 1. The standard InChI is InChI=1S/C27H28N4O2/c1-3-29(4-2)16-9-11-20-18-31(23-14-8-6-12-21(20)23)25-24(26(32)28-27(25)33)30-17-15-19-10-5-7-13-22(19)30/h5-8,10,12-15,17-18H,3-4,9,11,16H2,1-2H3,(H,28,32,33). The molecule has 6 nitrogen and oxygen atoms in total. The summed E-state index contributed by atoms with van der Waals surface area (Å²) in [6.45, 7) is 7.49. The van der Waals surface area contributed by atoms with Gasteiger partial charge in [0.25, 0.3) is 11.8 Å². The molecule has 0 bridgehead atoms. The summed E-state index contributed by atoms with van der Waals surface area (Å²) >= 11 is 0. The van der Waals surface area contributed by atoms with Crippen LogP contribution in [0.2, 0.25) is 0 Å². The molecule has 2 aromatic heterocycles. The molecule has 6 heteroatoms. The van der Waals surface area contributed by atoms with E-state index in [-0.39, 0.29) is 11.8 Å². The highest BCUT2D eigenvalue weighted by molar-refractivity contribution is 6.44. The number of hydrogen-bond acceptors (Lipinski definition) is 3. The lowest BCUT2D eigenvalue weighted by Crippen LogP contribution is -2.24. The van der Waals surface area contributed by atoms with Gasteiger partial charge in [-0.1, -0.05) is 50.2 Å². The second-order valence-corrected chi connectivity index (χ2v) is 8.40. The first-order chi connectivity index (χ1) is 16.1. The molecule has 33 heavy (non-hydrogen) atoms. The molecule has 0 saturated carbocycles. The number of nitrogens with zero attached hydrogens (tertiary/aromatic N) is 3. The number of aryl methyl sites for hydroxylation is 1. The molecule has 4 aromatic rings. The summed E-state index contributed by atoms with van der Waals surface area (Å²) in [4.78, 5) is 28.4. The first kappa shape index (κ1) is 21.2. The van der Waals surface area contributed by atoms with Crippen molar-refractivity contribution in [2.24, 2.45) is 0 Å². The summed E-state index contributed by atoms with van der Waals surface area (Å²) in [7, 11) is 0. The van der Waals surface area contributed by atoms with E-state index in [0.29, 0.717) is 11.4 Å². The molecule has 0 radical (unpaired) electrons. The minimum absolute atomic E-state index is 0.358. The molecule has 0 aliphatic carbocycles. The molecule has 3 heterocycles. The van der Waals surface area contributed by atoms with Crippen LogP contribution in [0.5, 0.6) is 0 Å². The van der Waals surface area contributed by atoms with Gasteiger partial charge in [0.15, 0.2) is 0 Å². The van der Waals surface area contributed by atoms with Crippen molar-refractivity contribution < 1.29 is 9.59 Å². The first-order valence-corrected chi connectivity index (χ1v) is 11.6. The highest BCUT2D eigenvalue weighted by atomic mass is 16.2. The predicted molar refractivity (Wildman–Crippen MR) is 133 cm³/mol. The Morgan fingerprint density at radius 1 is 0.818 bits per heavy atom. The molecular formula is C27H28N4O2. The summed E-state index contributed by atoms with van der Waals surface area (Å²) < 4.78 is 3.71. The zero-order chi connectivity index (χ0) is 22.9. The number of rotatable bonds is 8. The number of carbonyl (C=O) groups is 2. The third-order valence-electron chi connectivity index (χ3n) is 6.57. The largest absolute Gasteiger partial charge is 0.310 e. The quantitative estimate of drug-likeness (QED) is 0.415. The van der Waals surface area contributed by atoms with E-state index in [1.54, 1.807) is 0 Å². The molecule has 1 aliphatic rings. The molecule has 1 aliphatic heterocycles. The maximum atomic E-state index is 13.0. The number of para-hydroxylation sites is 2. The van der Waals surface area contributed by atoms with Crippen LogP contribution in [-0.4, -0.2) is 45.5 Å². The molecule has 2 aromatic carbocycles. The van der Waals surface area contributed by atoms with Gasteiger partial charge in [-0.05, 0) is 61.6 Å². The normalized spacial score (nSPS) is 14.3. The van der Waals surface area contributed by atoms with Gasteiger partial charge >= 0.3 is 0 Å². The fourth-order valence-corrected chi connectivity index (χ4v) is 4.83. The number of carbonyl (C=O) groups excluding carboxylic acids is 2. The highest BCUT2D eigenvalue weighted by Gasteiger charge is 2.34. The van der Waals surface area contributed by atoms with Crippen LogP contribution in [0, 0.1) is 0 Å². The Kier molecular flexibility index (Phi) is 5.60. The van der Waals surface area contributed by atoms with Crippen LogP contribution in [0.4, 0.5) is 0 Å². The van der Waals surface area contributed by atoms with Crippen molar-refractivity contribution in [3.63, 3.8) is 0 Å². The van der Waals surface area contributed by atoms with Gasteiger partial charge in [-0.3, -0.25) is 14.9 Å². The number of fused-ring (bicyclic) bond motifs is 2. The number of hydrogen-bond donors (Lipinski definition) is 1. The SMILES string of the molecule is CCN(CC)CCCc1cn(C2=C(n3ccc4ccccc43)C(=O)NC2=O)c2ccccc12. The summed E-state index contributed by atoms with van der Waals surface area (Å²) in [5.41, 5.74) is 3.74. The third kappa shape index (κ3) is 3.66. The van der Waals surface area contributed by atoms with E-state index in [4.69, 9.17) is 0 Å². The van der Waals surface area contributed by atoms with Crippen LogP contribution < -0.4 is 5.32 Å². The highest BCUT2D eigenvalue weighted by Crippen LogP contribution is 2.32. The van der Waals surface area contributed by atoms with Crippen LogP contribution >= 0.6 is 0 Å². The molecule has 168 valence electrons. The Balaban J connectivity index is 1.62. The Bertz CT molecular complexity index is 1390. The van der Waals surface area contributed by atoms with Crippen LogP contribution in [-0.2, 0) is 16.0 Å². The molecule has 0 saturated heterocycles. The van der Waals surface area contributed by atoms with Crippen LogP contribution in [0.15, 0.2) is 67.0 Å². The van der Waals surface area contributed by atoms with Crippen molar-refractivity contribution in [1.82, 2.24) is 19.4 Å². The van der Waals surface area contributed by atoms with E-state index >= 15 is 0 Å². The van der Waals surface area contributed by atoms with Gasteiger partial charge in [-0.25, -0.2) is 0 Å². The second kappa shape index (κ2) is 8.71. The lowest BCUT2D eigenvalue weighted by atomic mass is 10.1. The fourth-order valence-electron chi connectivity index (χ4n) is 4.83. The maximum Gasteiger partial charge on any atom is 0.277 e. The van der Waals surface area contributed by atoms with E-state index in [1.807, 2.05) is 70.1 Å². The smallest absolute Gasteiger partial charge is 0.277 e. The molecule has 2 amide bonds. The van der Waals surface area contributed by atoms with Gasteiger partial charge in [0.2, 0.25) is 0 Å². The molecule has 5 rings (SSSR count). The Hall–Kier alpha value is -3.64. The van der Waals surface area contributed by atoms with Gasteiger partial charge in [0, 0.05) is 17.8 Å². The van der Waals surface area contributed by atoms with Crippen molar-refractivity contribution in [3.05, 3.63) is 72.6 Å². The lowest BCUT2D eigenvalue weighted by molar-refractivity contribution is -0.123. The molecule has 0 fully saturated rings. The maximum absolute atomic E-state index is 13.0. The summed E-state index contributed by atoms with van der Waals surface area (Å²) in [6.07, 6.45) is 5.84. The van der Waals surface area contributed by atoms with Gasteiger partial charge in [0.1, 0.15) is 11.4 Å². The van der Waals surface area contributed by atoms with Crippen molar-refractivity contribution in [3.8, 4) is 0 Å². The molecule has 1 N–H and O–H groups in total. The van der Waals surface area contributed by atoms with E-state index in [0.717, 1.165) is 54.3 Å². The van der Waals surface area contributed by atoms with Crippen LogP contribution in [0.1, 0.15) is 25.8 Å². The third-order valence-corrected chi connectivity index (χ3v) is 6.57. The molecule has 0 unspecified atom stereocenters. The summed E-state index contributed by atoms with van der Waals surface area (Å²) in [5, 5.41) is 4.65. The van der Waals surface area contributed by atoms with E-state index in [9.17, 15) is 9.59 Å². The minimum Gasteiger partial charge on any atom is -0.310 e. The fraction of sp³-hybridized carbons (Fsp3) is 0.259. The Morgan fingerprint density at radius 3 is 2.24 bits per heavy atom. The number of aromatic nitrogens is 2. The van der Waals surface area contributed by atoms with E-state index in [1.165, 1.54) is 5.56 Å². The van der Waals surface area contributed by atoms with E-state index < -0.39 is 0 Å². The molecule has 0 atom stereocenters. The van der Waals surface area contributed by atoms with Crippen LogP contribution in [0.3, 0.4) is 0 Å². The van der Waals surface area contributed by atoms with Crippen LogP contribution in [0.25, 0.3) is 33.2 Å². The number of amides is 2. The van der Waals surface area contributed by atoms with Crippen molar-refractivity contribution in [2.75, 3.05) is 19.6 Å². The van der Waals surface area contributed by atoms with Gasteiger partial charge < -0.3 is 14.0 Å². The van der Waals surface area contributed by atoms with Gasteiger partial charge in [-0.2, -0.15) is 0 Å².